The highest BCUT2D eigenvalue weighted by Crippen LogP contribution is 2.28. The van der Waals surface area contributed by atoms with Gasteiger partial charge in [0.2, 0.25) is 0 Å². The number of hydrogen-bond donors (Lipinski definition) is 1. The number of carboxylic acids is 1. The normalized spacial score (nSPS) is 12.1. The maximum absolute atomic E-state index is 13.7. The lowest BCUT2D eigenvalue weighted by Crippen LogP contribution is -2.11. The minimum Gasteiger partial charge on any atom is -0.481 e. The van der Waals surface area contributed by atoms with Crippen LogP contribution in [0.1, 0.15) is 23.6 Å². The average molecular weight is 246 g/mol. The van der Waals surface area contributed by atoms with Gasteiger partial charge in [-0.3, -0.25) is 4.79 Å². The zero-order valence-corrected chi connectivity index (χ0v) is 9.45. The van der Waals surface area contributed by atoms with E-state index in [0.717, 1.165) is 0 Å². The maximum atomic E-state index is 13.7. The van der Waals surface area contributed by atoms with Crippen LogP contribution in [-0.2, 0) is 4.79 Å². The molecule has 2 aromatic rings. The molecule has 1 heterocycles. The second kappa shape index (κ2) is 5.35. The molecule has 0 bridgehead atoms. The van der Waals surface area contributed by atoms with Gasteiger partial charge in [0.15, 0.2) is 0 Å². The van der Waals surface area contributed by atoms with Gasteiger partial charge in [0.1, 0.15) is 12.1 Å². The van der Waals surface area contributed by atoms with Gasteiger partial charge in [-0.25, -0.2) is 14.4 Å². The highest BCUT2D eigenvalue weighted by molar-refractivity contribution is 5.68. The summed E-state index contributed by atoms with van der Waals surface area (Å²) in [5.41, 5.74) is 0.830. The quantitative estimate of drug-likeness (QED) is 0.898. The van der Waals surface area contributed by atoms with E-state index in [-0.39, 0.29) is 6.42 Å². The summed E-state index contributed by atoms with van der Waals surface area (Å²) in [6.07, 6.45) is 2.63. The van der Waals surface area contributed by atoms with Crippen molar-refractivity contribution in [3.8, 4) is 0 Å². The number of aromatic nitrogens is 2. The van der Waals surface area contributed by atoms with E-state index in [4.69, 9.17) is 5.11 Å². The smallest absolute Gasteiger partial charge is 0.304 e. The lowest BCUT2D eigenvalue weighted by Gasteiger charge is -2.15. The fourth-order valence-corrected chi connectivity index (χ4v) is 1.81. The zero-order chi connectivity index (χ0) is 13.0. The number of benzene rings is 1. The molecule has 0 saturated carbocycles. The molecule has 0 aliphatic carbocycles. The van der Waals surface area contributed by atoms with Crippen LogP contribution in [0, 0.1) is 5.82 Å². The van der Waals surface area contributed by atoms with Crippen LogP contribution in [0.4, 0.5) is 4.39 Å². The van der Waals surface area contributed by atoms with Crippen LogP contribution in [0.25, 0.3) is 0 Å². The van der Waals surface area contributed by atoms with Crippen molar-refractivity contribution in [2.75, 3.05) is 0 Å². The molecule has 0 aliphatic rings. The molecule has 92 valence electrons. The van der Waals surface area contributed by atoms with Gasteiger partial charge < -0.3 is 5.11 Å². The van der Waals surface area contributed by atoms with Gasteiger partial charge in [0, 0.05) is 12.1 Å². The molecule has 1 aromatic carbocycles. The molecule has 1 aromatic heterocycles. The fourth-order valence-electron chi connectivity index (χ4n) is 1.81. The summed E-state index contributed by atoms with van der Waals surface area (Å²) in [7, 11) is 0. The van der Waals surface area contributed by atoms with E-state index in [0.29, 0.717) is 11.3 Å². The Kier molecular flexibility index (Phi) is 3.62. The predicted molar refractivity (Wildman–Crippen MR) is 62.5 cm³/mol. The molecule has 1 unspecified atom stereocenters. The number of rotatable bonds is 4. The van der Waals surface area contributed by atoms with E-state index in [9.17, 15) is 9.18 Å². The predicted octanol–water partition coefficient (Wildman–Crippen LogP) is 2.22. The van der Waals surface area contributed by atoms with E-state index < -0.39 is 17.7 Å². The Morgan fingerprint density at radius 3 is 2.72 bits per heavy atom. The second-order valence-corrected chi connectivity index (χ2v) is 3.81. The van der Waals surface area contributed by atoms with Gasteiger partial charge in [-0.15, -0.1) is 0 Å². The topological polar surface area (TPSA) is 63.1 Å². The molecule has 0 aliphatic heterocycles. The Bertz CT molecular complexity index is 546. The first-order valence-corrected chi connectivity index (χ1v) is 5.40. The minimum absolute atomic E-state index is 0.210. The maximum Gasteiger partial charge on any atom is 0.304 e. The van der Waals surface area contributed by atoms with Crippen LogP contribution in [0.15, 0.2) is 42.9 Å². The first-order valence-electron chi connectivity index (χ1n) is 5.40. The largest absolute Gasteiger partial charge is 0.481 e. The molecule has 4 nitrogen and oxygen atoms in total. The number of carboxylic acid groups (broad SMARTS) is 1. The lowest BCUT2D eigenvalue weighted by molar-refractivity contribution is -0.137. The van der Waals surface area contributed by atoms with E-state index in [1.165, 1.54) is 18.6 Å². The van der Waals surface area contributed by atoms with Crippen molar-refractivity contribution in [3.63, 3.8) is 0 Å². The number of hydrogen-bond acceptors (Lipinski definition) is 3. The second-order valence-electron chi connectivity index (χ2n) is 3.81. The van der Waals surface area contributed by atoms with Crippen molar-refractivity contribution in [1.82, 2.24) is 9.97 Å². The van der Waals surface area contributed by atoms with E-state index in [2.05, 4.69) is 9.97 Å². The molecule has 5 heteroatoms. The molecule has 2 rings (SSSR count). The molecule has 0 radical (unpaired) electrons. The molecule has 0 saturated heterocycles. The zero-order valence-electron chi connectivity index (χ0n) is 9.45. The van der Waals surface area contributed by atoms with Crippen molar-refractivity contribution < 1.29 is 14.3 Å². The van der Waals surface area contributed by atoms with Crippen LogP contribution in [-0.4, -0.2) is 21.0 Å². The molecular formula is C13H11FN2O2. The first kappa shape index (κ1) is 12.2. The monoisotopic (exact) mass is 246 g/mol. The molecule has 1 N–H and O–H groups in total. The van der Waals surface area contributed by atoms with Crippen molar-refractivity contribution in [2.24, 2.45) is 0 Å². The van der Waals surface area contributed by atoms with Crippen LogP contribution in [0.3, 0.4) is 0 Å². The molecule has 0 fully saturated rings. The fraction of sp³-hybridized carbons (Fsp3) is 0.154. The molecule has 18 heavy (non-hydrogen) atoms. The number of aliphatic carboxylic acids is 1. The SMILES string of the molecule is O=C(O)CC(c1ccncn1)c1ccccc1F. The summed E-state index contributed by atoms with van der Waals surface area (Å²) in [6, 6.07) is 7.72. The summed E-state index contributed by atoms with van der Waals surface area (Å²) in [5, 5.41) is 8.93. The van der Waals surface area contributed by atoms with E-state index in [1.54, 1.807) is 24.3 Å². The van der Waals surface area contributed by atoms with Gasteiger partial charge in [0.25, 0.3) is 0 Å². The minimum atomic E-state index is -0.998. The van der Waals surface area contributed by atoms with E-state index in [1.807, 2.05) is 0 Å². The number of carbonyl (C=O) groups is 1. The average Bonchev–Trinajstić information content (AvgIpc) is 2.38. The van der Waals surface area contributed by atoms with Crippen molar-refractivity contribution in [3.05, 3.63) is 59.9 Å². The Balaban J connectivity index is 2.44. The number of nitrogens with zero attached hydrogens (tertiary/aromatic N) is 2. The summed E-state index contributed by atoms with van der Waals surface area (Å²) in [5.74, 6) is -2.03. The van der Waals surface area contributed by atoms with Crippen molar-refractivity contribution >= 4 is 5.97 Å². The van der Waals surface area contributed by atoms with Crippen LogP contribution in [0.2, 0.25) is 0 Å². The Morgan fingerprint density at radius 1 is 1.33 bits per heavy atom. The molecular weight excluding hydrogens is 235 g/mol. The van der Waals surface area contributed by atoms with Crippen molar-refractivity contribution in [2.45, 2.75) is 12.3 Å². The van der Waals surface area contributed by atoms with E-state index >= 15 is 0 Å². The van der Waals surface area contributed by atoms with Crippen molar-refractivity contribution in [1.29, 1.82) is 0 Å². The summed E-state index contributed by atoms with van der Waals surface area (Å²) in [6.45, 7) is 0. The third-order valence-corrected chi connectivity index (χ3v) is 2.62. The number of halogens is 1. The van der Waals surface area contributed by atoms with Gasteiger partial charge in [0.05, 0.1) is 12.1 Å². The highest BCUT2D eigenvalue weighted by Gasteiger charge is 2.21. The molecule has 0 amide bonds. The molecule has 1 atom stereocenters. The summed E-state index contributed by atoms with van der Waals surface area (Å²) in [4.78, 5) is 18.7. The van der Waals surface area contributed by atoms with Gasteiger partial charge in [-0.1, -0.05) is 18.2 Å². The highest BCUT2D eigenvalue weighted by atomic mass is 19.1. The first-order chi connectivity index (χ1) is 8.68. The van der Waals surface area contributed by atoms with Crippen LogP contribution in [0.5, 0.6) is 0 Å². The standard InChI is InChI=1S/C13H11FN2O2/c14-11-4-2-1-3-9(11)10(7-13(17)18)12-5-6-15-8-16-12/h1-6,8,10H,7H2,(H,17,18). The lowest BCUT2D eigenvalue weighted by atomic mass is 9.92. The summed E-state index contributed by atoms with van der Waals surface area (Å²) < 4.78 is 13.7. The van der Waals surface area contributed by atoms with Crippen LogP contribution < -0.4 is 0 Å². The van der Waals surface area contributed by atoms with Gasteiger partial charge in [-0.05, 0) is 17.7 Å². The Morgan fingerprint density at radius 2 is 2.11 bits per heavy atom. The van der Waals surface area contributed by atoms with Gasteiger partial charge >= 0.3 is 5.97 Å². The van der Waals surface area contributed by atoms with Gasteiger partial charge in [-0.2, -0.15) is 0 Å². The third kappa shape index (κ3) is 2.68. The Hall–Kier alpha value is -2.30. The summed E-state index contributed by atoms with van der Waals surface area (Å²) >= 11 is 0. The van der Waals surface area contributed by atoms with Crippen LogP contribution >= 0.6 is 0 Å². The molecule has 0 spiro atoms. The third-order valence-electron chi connectivity index (χ3n) is 2.62. The Labute approximate surface area is 103 Å².